The molecule has 0 heterocycles. The van der Waals surface area contributed by atoms with Crippen molar-refractivity contribution in [2.24, 2.45) is 48.7 Å². The van der Waals surface area contributed by atoms with Gasteiger partial charge in [0.05, 0.1) is 53.9 Å². The van der Waals surface area contributed by atoms with E-state index in [0.717, 1.165) is 38.5 Å². The molecule has 0 amide bonds. The van der Waals surface area contributed by atoms with Crippen LogP contribution in [0.4, 0.5) is 0 Å². The maximum Gasteiger partial charge on any atom is 0.170 e. The summed E-state index contributed by atoms with van der Waals surface area (Å²) in [4.78, 5) is 0. The molecule has 0 bridgehead atoms. The summed E-state index contributed by atoms with van der Waals surface area (Å²) in [5.74, 6) is -0.831. The molecule has 2 rings (SSSR count). The quantitative estimate of drug-likeness (QED) is 0.193. The molecule has 0 aliphatic heterocycles. The lowest BCUT2D eigenvalue weighted by Crippen LogP contribution is -2.49. The van der Waals surface area contributed by atoms with Gasteiger partial charge < -0.3 is 5.43 Å². The molecule has 2 saturated carbocycles. The Balaban J connectivity index is 2.38. The van der Waals surface area contributed by atoms with Crippen LogP contribution >= 0.6 is 0 Å². The van der Waals surface area contributed by atoms with Gasteiger partial charge in [0.25, 0.3) is 0 Å². The van der Waals surface area contributed by atoms with E-state index in [2.05, 4.69) is 65.8 Å². The monoisotopic (exact) mass is 560 g/mol. The number of hydrazone groups is 1. The van der Waals surface area contributed by atoms with Gasteiger partial charge in [-0.25, -0.2) is 0 Å². The van der Waals surface area contributed by atoms with Gasteiger partial charge in [-0.1, -0.05) is 19.8 Å². The predicted molar refractivity (Wildman–Crippen MR) is 158 cm³/mol. The average molecular weight is 561 g/mol. The van der Waals surface area contributed by atoms with E-state index in [1.54, 1.807) is 13.8 Å². The van der Waals surface area contributed by atoms with E-state index in [1.165, 1.54) is 0 Å². The summed E-state index contributed by atoms with van der Waals surface area (Å²) in [5, 5.41) is 62.7. The molecule has 1 N–H and O–H groups in total. The molecule has 0 radical (unpaired) electrons. The van der Waals surface area contributed by atoms with Crippen molar-refractivity contribution in [2.45, 2.75) is 135 Å². The lowest BCUT2D eigenvalue weighted by atomic mass is 9.66. The highest BCUT2D eigenvalue weighted by Crippen LogP contribution is 2.43. The van der Waals surface area contributed by atoms with Gasteiger partial charge >= 0.3 is 0 Å². The number of nitrogens with one attached hydrogen (secondary N) is 1. The van der Waals surface area contributed by atoms with Crippen LogP contribution in [-0.4, -0.2) is 34.9 Å². The first-order valence-electron chi connectivity index (χ1n) is 15.1. The lowest BCUT2D eigenvalue weighted by Gasteiger charge is -2.41. The van der Waals surface area contributed by atoms with Crippen molar-refractivity contribution >= 4 is 5.71 Å². The van der Waals surface area contributed by atoms with Crippen LogP contribution in [0.25, 0.3) is 0 Å². The topological polar surface area (TPSA) is 169 Å². The summed E-state index contributed by atoms with van der Waals surface area (Å²) in [6, 6.07) is 8.77. The summed E-state index contributed by atoms with van der Waals surface area (Å²) in [7, 11) is 0. The second-order valence-corrected chi connectivity index (χ2v) is 13.2. The average Bonchev–Trinajstić information content (AvgIpc) is 2.97. The summed E-state index contributed by atoms with van der Waals surface area (Å²) < 4.78 is 0. The molecule has 2 aliphatic rings. The van der Waals surface area contributed by atoms with Crippen molar-refractivity contribution < 1.29 is 0 Å². The molecule has 6 atom stereocenters. The van der Waals surface area contributed by atoms with E-state index in [4.69, 9.17) is 15.5 Å². The first kappa shape index (κ1) is 33.8. The maximum atomic E-state index is 10.5. The number of nitrogens with zero attached hydrogens (tertiary/aromatic N) is 9. The predicted octanol–water partition coefficient (Wildman–Crippen LogP) is 7.42. The number of hydrogen-bond acceptors (Lipinski definition) is 10. The molecular formula is C31H48N10. The minimum atomic E-state index is -1.06. The maximum absolute atomic E-state index is 10.5. The van der Waals surface area contributed by atoms with Gasteiger partial charge in [0, 0.05) is 11.5 Å². The van der Waals surface area contributed by atoms with Gasteiger partial charge in [0.1, 0.15) is 11.5 Å². The van der Waals surface area contributed by atoms with Crippen LogP contribution in [0.15, 0.2) is 25.6 Å². The summed E-state index contributed by atoms with van der Waals surface area (Å²) in [6.07, 6.45) is 8.01. The Bertz CT molecular complexity index is 1140. The molecule has 41 heavy (non-hydrogen) atoms. The molecule has 0 saturated heterocycles. The van der Waals surface area contributed by atoms with Crippen molar-refractivity contribution in [2.75, 3.05) is 6.54 Å². The van der Waals surface area contributed by atoms with Gasteiger partial charge in [-0.3, -0.25) is 0 Å². The van der Waals surface area contributed by atoms with Crippen molar-refractivity contribution in [3.63, 3.8) is 0 Å². The fraction of sp³-hybridized carbons (Fsp3) is 0.839. The van der Waals surface area contributed by atoms with Crippen LogP contribution in [0.3, 0.4) is 0 Å². The Hall–Kier alpha value is -3.37. The fourth-order valence-corrected chi connectivity index (χ4v) is 5.69. The minimum absolute atomic E-state index is 0.0229. The first-order valence-corrected chi connectivity index (χ1v) is 15.1. The van der Waals surface area contributed by atoms with Gasteiger partial charge in [0.15, 0.2) is 5.54 Å². The highest BCUT2D eigenvalue weighted by atomic mass is 15.3. The molecule has 10 nitrogen and oxygen atoms in total. The lowest BCUT2D eigenvalue weighted by molar-refractivity contribution is 0.174. The standard InChI is InChI=1S/C31H48N10/c1-8-28(4,5)40-41-31(22-35)16-12-9-13-25(31)17-29(6,7)39-37-26-14-10-11-15-30(26,21-34)27(24(3)19-33)38-36-20-23(2)18-32/h23-25,27,39H,8-17,20H2,1-7H3. The number of hydrogen-bond donors (Lipinski definition) is 1. The highest BCUT2D eigenvalue weighted by Gasteiger charge is 2.49. The fourth-order valence-electron chi connectivity index (χ4n) is 5.69. The van der Waals surface area contributed by atoms with Crippen molar-refractivity contribution in [1.82, 2.24) is 5.43 Å². The van der Waals surface area contributed by atoms with E-state index in [9.17, 15) is 15.8 Å². The second-order valence-electron chi connectivity index (χ2n) is 13.2. The van der Waals surface area contributed by atoms with E-state index in [0.29, 0.717) is 31.4 Å². The molecule has 222 valence electrons. The molecule has 10 heteroatoms. The van der Waals surface area contributed by atoms with Gasteiger partial charge in [-0.2, -0.15) is 46.6 Å². The molecule has 0 spiro atoms. The van der Waals surface area contributed by atoms with Crippen LogP contribution in [0.1, 0.15) is 113 Å². The van der Waals surface area contributed by atoms with E-state index in [1.807, 2.05) is 13.8 Å². The third-order valence-electron chi connectivity index (χ3n) is 8.76. The Morgan fingerprint density at radius 2 is 1.68 bits per heavy atom. The van der Waals surface area contributed by atoms with Gasteiger partial charge in [-0.15, -0.1) is 0 Å². The van der Waals surface area contributed by atoms with E-state index in [-0.39, 0.29) is 23.9 Å². The van der Waals surface area contributed by atoms with Crippen LogP contribution in [0.2, 0.25) is 0 Å². The summed E-state index contributed by atoms with van der Waals surface area (Å²) in [5.41, 5.74) is 1.35. The third-order valence-corrected chi connectivity index (χ3v) is 8.76. The van der Waals surface area contributed by atoms with Crippen LogP contribution in [0, 0.1) is 68.5 Å². The summed E-state index contributed by atoms with van der Waals surface area (Å²) >= 11 is 0. The number of rotatable bonds is 12. The van der Waals surface area contributed by atoms with Crippen molar-refractivity contribution in [3.05, 3.63) is 0 Å². The first-order chi connectivity index (χ1) is 19.3. The Labute approximate surface area is 247 Å². The van der Waals surface area contributed by atoms with Crippen LogP contribution in [-0.2, 0) is 0 Å². The molecule has 2 fully saturated rings. The zero-order valence-corrected chi connectivity index (χ0v) is 26.1. The largest absolute Gasteiger partial charge is 0.305 e. The smallest absolute Gasteiger partial charge is 0.170 e. The van der Waals surface area contributed by atoms with E-state index >= 15 is 0 Å². The van der Waals surface area contributed by atoms with E-state index < -0.39 is 28.5 Å². The molecule has 0 aromatic carbocycles. The normalized spacial score (nSPS) is 28.8. The zero-order valence-electron chi connectivity index (χ0n) is 26.1. The Morgan fingerprint density at radius 1 is 0.976 bits per heavy atom. The minimum Gasteiger partial charge on any atom is -0.305 e. The molecule has 6 unspecified atom stereocenters. The number of nitriles is 4. The van der Waals surface area contributed by atoms with Crippen molar-refractivity contribution in [1.29, 1.82) is 21.0 Å². The molecule has 2 aliphatic carbocycles. The molecule has 0 aromatic rings. The SMILES string of the molecule is CCC(C)(C)N=NC1(C#N)CCCCC1CC(C)(C)NN=C1CCCCC1(C#N)C(N=NCC(C)C#N)C(C)C#N. The number of azo groups is 2. The zero-order chi connectivity index (χ0) is 30.7. The highest BCUT2D eigenvalue weighted by molar-refractivity contribution is 5.94. The Kier molecular flexibility index (Phi) is 12.0. The summed E-state index contributed by atoms with van der Waals surface area (Å²) in [6.45, 7) is 14.0. The Morgan fingerprint density at radius 3 is 2.29 bits per heavy atom. The second kappa shape index (κ2) is 14.5. The van der Waals surface area contributed by atoms with Gasteiger partial charge in [-0.05, 0) is 92.9 Å². The molecular weight excluding hydrogens is 512 g/mol. The van der Waals surface area contributed by atoms with Crippen LogP contribution in [0.5, 0.6) is 0 Å². The van der Waals surface area contributed by atoms with Crippen molar-refractivity contribution in [3.8, 4) is 24.3 Å². The van der Waals surface area contributed by atoms with Crippen LogP contribution < -0.4 is 5.43 Å². The third kappa shape index (κ3) is 8.56. The molecule has 0 aromatic heterocycles. The van der Waals surface area contributed by atoms with Gasteiger partial charge in [0.2, 0.25) is 0 Å².